The Morgan fingerprint density at radius 3 is 0.645 bits per heavy atom. The van der Waals surface area contributed by atoms with E-state index in [1.807, 2.05) is 0 Å². The van der Waals surface area contributed by atoms with Crippen LogP contribution in [0.1, 0.15) is 324 Å². The second-order valence-electron chi connectivity index (χ2n) is 20.2. The Labute approximate surface area is 414 Å². The highest BCUT2D eigenvalue weighted by atomic mass is 79.9. The third kappa shape index (κ3) is 43.4. The lowest BCUT2D eigenvalue weighted by molar-refractivity contribution is 0.190. The molecule has 0 aliphatic rings. The predicted molar refractivity (Wildman–Crippen MR) is 297 cm³/mol. The van der Waals surface area contributed by atoms with Crippen LogP contribution in [0.15, 0.2) is 0 Å². The Bertz CT molecular complexity index is 710. The van der Waals surface area contributed by atoms with Crippen LogP contribution in [0.4, 0.5) is 0 Å². The summed E-state index contributed by atoms with van der Waals surface area (Å²) in [5, 5.41) is 0. The third-order valence-electron chi connectivity index (χ3n) is 14.4. The van der Waals surface area contributed by atoms with Crippen LogP contribution in [0.3, 0.4) is 0 Å². The Morgan fingerprint density at radius 2 is 0.435 bits per heavy atom. The molecule has 0 aliphatic carbocycles. The molecule has 0 heterocycles. The van der Waals surface area contributed by atoms with Crippen LogP contribution < -0.4 is 22.9 Å². The summed E-state index contributed by atoms with van der Waals surface area (Å²) in [4.78, 5) is 0. The molecule has 4 nitrogen and oxygen atoms in total. The molecule has 0 radical (unpaired) electrons. The number of rotatable bonds is 48. The van der Waals surface area contributed by atoms with Crippen LogP contribution in [-0.4, -0.2) is 24.2 Å². The van der Waals surface area contributed by atoms with Gasteiger partial charge in [0.25, 0.3) is 0 Å². The topological polar surface area (TPSA) is 104 Å². The summed E-state index contributed by atoms with van der Waals surface area (Å²) in [5.74, 6) is 1.48. The van der Waals surface area contributed by atoms with Crippen LogP contribution in [0.5, 0.6) is 0 Å². The smallest absolute Gasteiger partial charge is 0.0182 e. The Balaban J connectivity index is -0.000000526. The summed E-state index contributed by atoms with van der Waals surface area (Å²) < 4.78 is 0. The summed E-state index contributed by atoms with van der Waals surface area (Å²) in [5.41, 5.74) is 26.0. The van der Waals surface area contributed by atoms with Gasteiger partial charge < -0.3 is 22.9 Å². The molecule has 0 amide bonds. The number of hydrogen-bond acceptors (Lipinski definition) is 4. The van der Waals surface area contributed by atoms with Gasteiger partial charge in [0.05, 0.1) is 0 Å². The monoisotopic (exact) mass is 1010 g/mol. The van der Waals surface area contributed by atoms with E-state index in [0.717, 1.165) is 24.9 Å². The molecule has 0 saturated carbocycles. The van der Waals surface area contributed by atoms with Gasteiger partial charge in [-0.3, -0.25) is 0 Å². The molecule has 380 valence electrons. The van der Waals surface area contributed by atoms with Gasteiger partial charge in [0.15, 0.2) is 0 Å². The fourth-order valence-electron chi connectivity index (χ4n) is 10.1. The maximum atomic E-state index is 7.29. The third-order valence-corrected chi connectivity index (χ3v) is 14.4. The van der Waals surface area contributed by atoms with Crippen LogP contribution in [-0.2, 0) is 0 Å². The Kier molecular flexibility index (Phi) is 60.9. The quantitative estimate of drug-likeness (QED) is 0.0456. The van der Waals surface area contributed by atoms with E-state index in [0.29, 0.717) is 0 Å². The van der Waals surface area contributed by atoms with E-state index in [1.54, 1.807) is 0 Å². The van der Waals surface area contributed by atoms with Gasteiger partial charge in [0.1, 0.15) is 0 Å². The summed E-state index contributed by atoms with van der Waals surface area (Å²) in [6.07, 6.45) is 59.1. The molecule has 8 N–H and O–H groups in total. The average Bonchev–Trinajstić information content (AvgIpc) is 3.25. The van der Waals surface area contributed by atoms with Gasteiger partial charge in [0.2, 0.25) is 0 Å². The zero-order valence-electron chi connectivity index (χ0n) is 43.8. The number of nitrogens with two attached hydrogens (primary N) is 4. The molecule has 0 spiro atoms. The van der Waals surface area contributed by atoms with Crippen molar-refractivity contribution in [2.45, 2.75) is 335 Å². The molecule has 0 aromatic carbocycles. The number of unbranched alkanes of at least 4 members (excludes halogenated alkanes) is 28. The van der Waals surface area contributed by atoms with Crippen molar-refractivity contribution in [3.63, 3.8) is 0 Å². The van der Waals surface area contributed by atoms with E-state index in [-0.39, 0.29) is 45.0 Å². The lowest BCUT2D eigenvalue weighted by Gasteiger charge is -2.39. The molecule has 6 heteroatoms. The predicted octanol–water partition coefficient (Wildman–Crippen LogP) is 19.0. The molecule has 0 aliphatic heterocycles. The van der Waals surface area contributed by atoms with Gasteiger partial charge in [-0.05, 0) is 89.1 Å². The van der Waals surface area contributed by atoms with Crippen molar-refractivity contribution < 1.29 is 0 Å². The van der Waals surface area contributed by atoms with Crippen molar-refractivity contribution in [2.24, 2.45) is 34.8 Å². The van der Waals surface area contributed by atoms with Crippen LogP contribution >= 0.6 is 34.0 Å². The van der Waals surface area contributed by atoms with Gasteiger partial charge in [-0.25, -0.2) is 0 Å². The fourth-order valence-corrected chi connectivity index (χ4v) is 10.1. The van der Waals surface area contributed by atoms with Crippen LogP contribution in [0, 0.1) is 11.8 Å². The largest absolute Gasteiger partial charge is 0.330 e. The van der Waals surface area contributed by atoms with Crippen LogP contribution in [0.2, 0.25) is 0 Å². The lowest BCUT2D eigenvalue weighted by Crippen LogP contribution is -2.47. The zero-order chi connectivity index (χ0) is 44.7. The highest BCUT2D eigenvalue weighted by Gasteiger charge is 2.34. The normalized spacial score (nSPS) is 12.7. The van der Waals surface area contributed by atoms with Gasteiger partial charge in [-0.2, -0.15) is 0 Å². The minimum Gasteiger partial charge on any atom is -0.330 e. The first-order valence-corrected chi connectivity index (χ1v) is 28.3. The molecule has 0 rings (SSSR count). The summed E-state index contributed by atoms with van der Waals surface area (Å²) in [6.45, 7) is 15.6. The highest BCUT2D eigenvalue weighted by molar-refractivity contribution is 8.93. The summed E-state index contributed by atoms with van der Waals surface area (Å²) in [7, 11) is 0. The first kappa shape index (κ1) is 69.4. The van der Waals surface area contributed by atoms with Gasteiger partial charge in [0, 0.05) is 11.1 Å². The Hall–Kier alpha value is 0.800. The first-order valence-electron chi connectivity index (χ1n) is 28.3. The van der Waals surface area contributed by atoms with E-state index in [2.05, 4.69) is 41.5 Å². The lowest BCUT2D eigenvalue weighted by atomic mass is 9.72. The maximum absolute atomic E-state index is 7.29. The van der Waals surface area contributed by atoms with E-state index < -0.39 is 0 Å². The van der Waals surface area contributed by atoms with Crippen molar-refractivity contribution in [1.82, 2.24) is 0 Å². The van der Waals surface area contributed by atoms with Crippen molar-refractivity contribution in [3.8, 4) is 0 Å². The van der Waals surface area contributed by atoms with Crippen molar-refractivity contribution >= 4 is 34.0 Å². The molecule has 0 fully saturated rings. The van der Waals surface area contributed by atoms with Gasteiger partial charge in [-0.15, -0.1) is 34.0 Å². The number of hydrogen-bond donors (Lipinski definition) is 4. The minimum absolute atomic E-state index is 0. The molecular weight excluding hydrogens is 888 g/mol. The molecule has 0 aromatic heterocycles. The Morgan fingerprint density at radius 1 is 0.258 bits per heavy atom. The van der Waals surface area contributed by atoms with E-state index >= 15 is 0 Å². The standard InChI is InChI=1S/2C28H60N2.2BrH/c2*1-4-7-10-17-22-27(23-18-15-13-14-16-21-26-29)28(30,24-19-11-8-5-2)25-20-12-9-6-3;;/h2*27H,4-26,29-30H2,1-3H3;2*1H. The molecule has 0 bridgehead atoms. The summed E-state index contributed by atoms with van der Waals surface area (Å²) >= 11 is 0. The van der Waals surface area contributed by atoms with Crippen molar-refractivity contribution in [1.29, 1.82) is 0 Å². The van der Waals surface area contributed by atoms with Gasteiger partial charge in [-0.1, -0.05) is 260 Å². The van der Waals surface area contributed by atoms with E-state index in [4.69, 9.17) is 22.9 Å². The number of halogens is 2. The second-order valence-corrected chi connectivity index (χ2v) is 20.2. The van der Waals surface area contributed by atoms with E-state index in [9.17, 15) is 0 Å². The molecule has 0 saturated heterocycles. The van der Waals surface area contributed by atoms with Gasteiger partial charge >= 0.3 is 0 Å². The first-order chi connectivity index (χ1) is 29.3. The SMILES string of the molecule is Br.Br.CCCCCCC(CCCCCCCCN)C(N)(CCCCCC)CCCCCC.CCCCCCC(CCCCCCCCN)C(N)(CCCCCC)CCCCCC. The zero-order valence-corrected chi connectivity index (χ0v) is 47.2. The fraction of sp³-hybridized carbons (Fsp3) is 1.00. The highest BCUT2D eigenvalue weighted by Crippen LogP contribution is 2.37. The van der Waals surface area contributed by atoms with E-state index in [1.165, 1.54) is 283 Å². The molecular formula is C56H122Br2N4. The molecule has 2 unspecified atom stereocenters. The molecule has 2 atom stereocenters. The van der Waals surface area contributed by atoms with Crippen LogP contribution in [0.25, 0.3) is 0 Å². The maximum Gasteiger partial charge on any atom is 0.0182 e. The molecule has 62 heavy (non-hydrogen) atoms. The molecule has 0 aromatic rings. The summed E-state index contributed by atoms with van der Waals surface area (Å²) in [6, 6.07) is 0. The van der Waals surface area contributed by atoms with Crippen molar-refractivity contribution in [3.05, 3.63) is 0 Å². The average molecular weight is 1010 g/mol. The second kappa shape index (κ2) is 54.4. The minimum atomic E-state index is 0. The van der Waals surface area contributed by atoms with Crippen molar-refractivity contribution in [2.75, 3.05) is 13.1 Å².